The molecule has 90 valence electrons. The van der Waals surface area contributed by atoms with Gasteiger partial charge in [0.1, 0.15) is 12.4 Å². The molecule has 3 heteroatoms. The summed E-state index contributed by atoms with van der Waals surface area (Å²) < 4.78 is 19.4. The summed E-state index contributed by atoms with van der Waals surface area (Å²) in [7, 11) is 0. The summed E-state index contributed by atoms with van der Waals surface area (Å²) in [4.78, 5) is 0. The van der Waals surface area contributed by atoms with Crippen LogP contribution in [0.15, 0.2) is 53.2 Å². The van der Waals surface area contributed by atoms with E-state index in [9.17, 15) is 4.39 Å². The quantitative estimate of drug-likeness (QED) is 0.753. The van der Waals surface area contributed by atoms with E-state index in [1.54, 1.807) is 18.4 Å². The fraction of sp³-hybridized carbons (Fsp3) is 0.0667. The van der Waals surface area contributed by atoms with E-state index in [1.165, 1.54) is 12.1 Å². The molecule has 0 unspecified atom stereocenters. The predicted octanol–water partition coefficient (Wildman–Crippen LogP) is 4.51. The molecule has 1 nitrogen and oxygen atoms in total. The second-order valence-corrected chi connectivity index (χ2v) is 5.07. The van der Waals surface area contributed by atoms with Gasteiger partial charge in [-0.25, -0.2) is 4.39 Å². The van der Waals surface area contributed by atoms with Crippen molar-refractivity contribution in [3.8, 4) is 0 Å². The lowest BCUT2D eigenvalue weighted by molar-refractivity contribution is 0.233. The lowest BCUT2D eigenvalue weighted by Gasteiger charge is -2.19. The van der Waals surface area contributed by atoms with Crippen LogP contribution in [0.5, 0.6) is 0 Å². The van der Waals surface area contributed by atoms with Crippen molar-refractivity contribution in [2.45, 2.75) is 6.61 Å². The lowest BCUT2D eigenvalue weighted by atomic mass is 9.94. The molecule has 1 heterocycles. The summed E-state index contributed by atoms with van der Waals surface area (Å²) in [6.45, 7) is 0.577. The van der Waals surface area contributed by atoms with Gasteiger partial charge in [0.05, 0.1) is 6.26 Å². The molecular weight excluding hydrogens is 295 g/mol. The van der Waals surface area contributed by atoms with Crippen molar-refractivity contribution in [3.63, 3.8) is 0 Å². The third-order valence-electron chi connectivity index (χ3n) is 2.96. The largest absolute Gasteiger partial charge is 0.496 e. The van der Waals surface area contributed by atoms with E-state index < -0.39 is 0 Å². The van der Waals surface area contributed by atoms with E-state index in [0.717, 1.165) is 26.7 Å². The van der Waals surface area contributed by atoms with Gasteiger partial charge >= 0.3 is 0 Å². The molecule has 18 heavy (non-hydrogen) atoms. The smallest absolute Gasteiger partial charge is 0.123 e. The van der Waals surface area contributed by atoms with Crippen LogP contribution in [0.1, 0.15) is 16.7 Å². The minimum Gasteiger partial charge on any atom is -0.496 e. The van der Waals surface area contributed by atoms with Crippen LogP contribution in [0.25, 0.3) is 5.57 Å². The van der Waals surface area contributed by atoms with E-state index in [2.05, 4.69) is 22.0 Å². The molecule has 0 fully saturated rings. The first-order valence-corrected chi connectivity index (χ1v) is 6.40. The van der Waals surface area contributed by atoms with Crippen LogP contribution in [-0.2, 0) is 11.3 Å². The Balaban J connectivity index is 2.11. The number of hydrogen-bond acceptors (Lipinski definition) is 1. The molecule has 0 spiro atoms. The first-order chi connectivity index (χ1) is 8.74. The SMILES string of the molecule is Fc1ccc(C2=COCc3ccc(Br)cc32)cc1. The van der Waals surface area contributed by atoms with Gasteiger partial charge in [0.15, 0.2) is 0 Å². The van der Waals surface area contributed by atoms with Crippen molar-refractivity contribution in [2.75, 3.05) is 0 Å². The fourth-order valence-corrected chi connectivity index (χ4v) is 2.42. The van der Waals surface area contributed by atoms with Gasteiger partial charge in [-0.15, -0.1) is 0 Å². The van der Waals surface area contributed by atoms with Crippen LogP contribution in [0.2, 0.25) is 0 Å². The molecule has 3 rings (SSSR count). The highest BCUT2D eigenvalue weighted by molar-refractivity contribution is 9.10. The number of ether oxygens (including phenoxy) is 1. The summed E-state index contributed by atoms with van der Waals surface area (Å²) >= 11 is 3.47. The van der Waals surface area contributed by atoms with Crippen molar-refractivity contribution in [1.82, 2.24) is 0 Å². The lowest BCUT2D eigenvalue weighted by Crippen LogP contribution is -2.02. The van der Waals surface area contributed by atoms with E-state index in [1.807, 2.05) is 12.1 Å². The normalized spacial score (nSPS) is 13.6. The zero-order valence-electron chi connectivity index (χ0n) is 9.49. The zero-order valence-corrected chi connectivity index (χ0v) is 11.1. The Kier molecular flexibility index (Phi) is 2.92. The van der Waals surface area contributed by atoms with E-state index in [4.69, 9.17) is 4.74 Å². The van der Waals surface area contributed by atoms with Gasteiger partial charge in [0.25, 0.3) is 0 Å². The molecular formula is C15H10BrFO. The minimum atomic E-state index is -0.231. The number of hydrogen-bond donors (Lipinski definition) is 0. The highest BCUT2D eigenvalue weighted by Gasteiger charge is 2.15. The van der Waals surface area contributed by atoms with Crippen LogP contribution < -0.4 is 0 Å². The van der Waals surface area contributed by atoms with Crippen molar-refractivity contribution in [3.05, 3.63) is 75.7 Å². The molecule has 0 aromatic heterocycles. The van der Waals surface area contributed by atoms with Crippen molar-refractivity contribution < 1.29 is 9.13 Å². The van der Waals surface area contributed by atoms with Gasteiger partial charge in [-0.3, -0.25) is 0 Å². The van der Waals surface area contributed by atoms with Crippen molar-refractivity contribution in [2.24, 2.45) is 0 Å². The van der Waals surface area contributed by atoms with Gasteiger partial charge < -0.3 is 4.74 Å². The second kappa shape index (κ2) is 4.58. The summed E-state index contributed by atoms with van der Waals surface area (Å²) in [5.74, 6) is -0.231. The molecule has 0 radical (unpaired) electrons. The minimum absolute atomic E-state index is 0.231. The van der Waals surface area contributed by atoms with Gasteiger partial charge in [-0.2, -0.15) is 0 Å². The number of halogens is 2. The average Bonchev–Trinajstić information content (AvgIpc) is 2.39. The second-order valence-electron chi connectivity index (χ2n) is 4.15. The molecule has 1 aliphatic heterocycles. The highest BCUT2D eigenvalue weighted by atomic mass is 79.9. The monoisotopic (exact) mass is 304 g/mol. The molecule has 0 bridgehead atoms. The number of fused-ring (bicyclic) bond motifs is 1. The van der Waals surface area contributed by atoms with E-state index in [0.29, 0.717) is 6.61 Å². The van der Waals surface area contributed by atoms with Gasteiger partial charge in [0.2, 0.25) is 0 Å². The van der Waals surface area contributed by atoms with Crippen LogP contribution >= 0.6 is 15.9 Å². The first kappa shape index (κ1) is 11.5. The molecule has 0 atom stereocenters. The summed E-state index contributed by atoms with van der Waals surface area (Å²) in [5.41, 5.74) is 4.20. The summed E-state index contributed by atoms with van der Waals surface area (Å²) in [6, 6.07) is 12.5. The molecule has 1 aliphatic rings. The third kappa shape index (κ3) is 2.06. The Labute approximate surface area is 113 Å². The van der Waals surface area contributed by atoms with Crippen LogP contribution in [0.4, 0.5) is 4.39 Å². The zero-order chi connectivity index (χ0) is 12.5. The Bertz CT molecular complexity index is 617. The van der Waals surface area contributed by atoms with E-state index in [-0.39, 0.29) is 5.82 Å². The molecule has 0 N–H and O–H groups in total. The predicted molar refractivity (Wildman–Crippen MR) is 72.4 cm³/mol. The Morgan fingerprint density at radius 2 is 1.83 bits per heavy atom. The summed E-state index contributed by atoms with van der Waals surface area (Å²) in [5, 5.41) is 0. The van der Waals surface area contributed by atoms with Gasteiger partial charge in [-0.1, -0.05) is 34.1 Å². The number of benzene rings is 2. The molecule has 0 saturated heterocycles. The summed E-state index contributed by atoms with van der Waals surface area (Å²) in [6.07, 6.45) is 1.74. The first-order valence-electron chi connectivity index (χ1n) is 5.60. The van der Waals surface area contributed by atoms with Crippen LogP contribution in [0, 0.1) is 5.82 Å². The standard InChI is InChI=1S/C15H10BrFO/c16-12-4-1-11-8-18-9-15(14(11)7-12)10-2-5-13(17)6-3-10/h1-7,9H,8H2. The average molecular weight is 305 g/mol. The van der Waals surface area contributed by atoms with E-state index >= 15 is 0 Å². The maximum atomic E-state index is 13.0. The maximum Gasteiger partial charge on any atom is 0.123 e. The molecule has 0 saturated carbocycles. The highest BCUT2D eigenvalue weighted by Crippen LogP contribution is 2.32. The Morgan fingerprint density at radius 1 is 1.06 bits per heavy atom. The van der Waals surface area contributed by atoms with Crippen molar-refractivity contribution in [1.29, 1.82) is 0 Å². The fourth-order valence-electron chi connectivity index (χ4n) is 2.06. The molecule has 2 aromatic carbocycles. The van der Waals surface area contributed by atoms with Crippen molar-refractivity contribution >= 4 is 21.5 Å². The van der Waals surface area contributed by atoms with Crippen LogP contribution in [-0.4, -0.2) is 0 Å². The van der Waals surface area contributed by atoms with Gasteiger partial charge in [0, 0.05) is 10.0 Å². The van der Waals surface area contributed by atoms with Crippen LogP contribution in [0.3, 0.4) is 0 Å². The third-order valence-corrected chi connectivity index (χ3v) is 3.45. The Hall–Kier alpha value is -1.61. The number of rotatable bonds is 1. The maximum absolute atomic E-state index is 13.0. The molecule has 2 aromatic rings. The molecule has 0 amide bonds. The topological polar surface area (TPSA) is 9.23 Å². The van der Waals surface area contributed by atoms with Gasteiger partial charge in [-0.05, 0) is 41.0 Å². The Morgan fingerprint density at radius 3 is 2.61 bits per heavy atom. The molecule has 0 aliphatic carbocycles.